The summed E-state index contributed by atoms with van der Waals surface area (Å²) in [4.78, 5) is 19.4. The SMILES string of the molecule is CCN(C(=O)[O-])c1c(Cl)ncnc1N(C)N. The zero-order valence-corrected chi connectivity index (χ0v) is 9.60. The molecular formula is C8H11ClN5O2-. The van der Waals surface area contributed by atoms with Crippen molar-refractivity contribution >= 4 is 29.2 Å². The Labute approximate surface area is 97.4 Å². The smallest absolute Gasteiger partial charge is 0.171 e. The minimum absolute atomic E-state index is 0.00773. The third kappa shape index (κ3) is 2.31. The number of aromatic nitrogens is 2. The Hall–Kier alpha value is -1.60. The lowest BCUT2D eigenvalue weighted by atomic mass is 10.4. The van der Waals surface area contributed by atoms with Crippen molar-refractivity contribution in [2.24, 2.45) is 5.84 Å². The summed E-state index contributed by atoms with van der Waals surface area (Å²) >= 11 is 5.82. The Balaban J connectivity index is 3.34. The zero-order chi connectivity index (χ0) is 12.3. The van der Waals surface area contributed by atoms with Crippen LogP contribution in [-0.2, 0) is 0 Å². The monoisotopic (exact) mass is 244 g/mol. The van der Waals surface area contributed by atoms with E-state index < -0.39 is 6.09 Å². The fourth-order valence-electron chi connectivity index (χ4n) is 1.22. The van der Waals surface area contributed by atoms with Crippen LogP contribution in [0.3, 0.4) is 0 Å². The van der Waals surface area contributed by atoms with E-state index in [2.05, 4.69) is 9.97 Å². The van der Waals surface area contributed by atoms with Gasteiger partial charge in [0, 0.05) is 13.6 Å². The molecule has 0 saturated carbocycles. The molecular weight excluding hydrogens is 234 g/mol. The minimum Gasteiger partial charge on any atom is -0.530 e. The molecule has 0 atom stereocenters. The third-order valence-corrected chi connectivity index (χ3v) is 2.18. The maximum Gasteiger partial charge on any atom is 0.171 e. The van der Waals surface area contributed by atoms with Crippen molar-refractivity contribution in [3.8, 4) is 0 Å². The standard InChI is InChI=1S/C8H12ClN5O2/c1-3-14(8(15)16)5-6(9)11-4-12-7(5)13(2)10/h4H,3,10H2,1-2H3,(H,15,16)/p-1. The summed E-state index contributed by atoms with van der Waals surface area (Å²) < 4.78 is 0. The van der Waals surface area contributed by atoms with E-state index in [1.54, 1.807) is 6.92 Å². The molecule has 0 aliphatic carbocycles. The highest BCUT2D eigenvalue weighted by Gasteiger charge is 2.18. The van der Waals surface area contributed by atoms with Crippen molar-refractivity contribution in [3.05, 3.63) is 11.5 Å². The van der Waals surface area contributed by atoms with Crippen LogP contribution in [0, 0.1) is 0 Å². The number of carbonyl (C=O) groups is 1. The van der Waals surface area contributed by atoms with Gasteiger partial charge in [-0.25, -0.2) is 15.8 Å². The summed E-state index contributed by atoms with van der Waals surface area (Å²) in [5.74, 6) is 5.73. The number of hydrazine groups is 1. The quantitative estimate of drug-likeness (QED) is 0.442. The summed E-state index contributed by atoms with van der Waals surface area (Å²) in [5, 5.41) is 12.1. The van der Waals surface area contributed by atoms with Gasteiger partial charge in [0.2, 0.25) is 0 Å². The predicted molar refractivity (Wildman–Crippen MR) is 58.0 cm³/mol. The highest BCUT2D eigenvalue weighted by molar-refractivity contribution is 6.33. The van der Waals surface area contributed by atoms with E-state index in [0.717, 1.165) is 9.91 Å². The van der Waals surface area contributed by atoms with Crippen LogP contribution >= 0.6 is 11.6 Å². The van der Waals surface area contributed by atoms with Gasteiger partial charge in [-0.3, -0.25) is 5.01 Å². The number of carbonyl (C=O) groups excluding carboxylic acids is 1. The number of amides is 1. The Morgan fingerprint density at radius 3 is 2.69 bits per heavy atom. The second-order valence-corrected chi connectivity index (χ2v) is 3.32. The molecule has 0 aliphatic heterocycles. The average Bonchev–Trinajstić information content (AvgIpc) is 2.20. The van der Waals surface area contributed by atoms with Gasteiger partial charge >= 0.3 is 0 Å². The van der Waals surface area contributed by atoms with Crippen molar-refractivity contribution in [1.82, 2.24) is 9.97 Å². The van der Waals surface area contributed by atoms with Crippen molar-refractivity contribution in [2.75, 3.05) is 23.5 Å². The molecule has 0 bridgehead atoms. The maximum absolute atomic E-state index is 10.9. The fourth-order valence-corrected chi connectivity index (χ4v) is 1.45. The molecule has 1 rings (SSSR count). The van der Waals surface area contributed by atoms with Gasteiger partial charge in [-0.1, -0.05) is 11.6 Å². The average molecular weight is 245 g/mol. The van der Waals surface area contributed by atoms with Gasteiger partial charge in [0.15, 0.2) is 11.0 Å². The lowest BCUT2D eigenvalue weighted by Crippen LogP contribution is -2.42. The van der Waals surface area contributed by atoms with Crippen LogP contribution in [0.5, 0.6) is 0 Å². The molecule has 1 amide bonds. The number of halogens is 1. The van der Waals surface area contributed by atoms with E-state index in [9.17, 15) is 9.90 Å². The molecule has 7 nitrogen and oxygen atoms in total. The number of nitrogens with two attached hydrogens (primary N) is 1. The first-order valence-electron chi connectivity index (χ1n) is 4.46. The number of anilines is 2. The molecule has 0 radical (unpaired) electrons. The third-order valence-electron chi connectivity index (χ3n) is 1.90. The van der Waals surface area contributed by atoms with E-state index in [0.29, 0.717) is 0 Å². The molecule has 0 fully saturated rings. The van der Waals surface area contributed by atoms with E-state index in [1.165, 1.54) is 13.4 Å². The predicted octanol–water partition coefficient (Wildman–Crippen LogP) is -0.391. The Kier molecular flexibility index (Phi) is 3.86. The molecule has 1 aromatic rings. The largest absolute Gasteiger partial charge is 0.530 e. The van der Waals surface area contributed by atoms with Gasteiger partial charge in [-0.05, 0) is 6.92 Å². The second-order valence-electron chi connectivity index (χ2n) is 2.96. The molecule has 0 aliphatic rings. The van der Waals surface area contributed by atoms with Crippen LogP contribution < -0.4 is 20.9 Å². The van der Waals surface area contributed by atoms with Crippen LogP contribution in [0.25, 0.3) is 0 Å². The molecule has 8 heteroatoms. The van der Waals surface area contributed by atoms with Gasteiger partial charge in [-0.2, -0.15) is 0 Å². The van der Waals surface area contributed by atoms with E-state index >= 15 is 0 Å². The molecule has 1 heterocycles. The second kappa shape index (κ2) is 4.95. The zero-order valence-electron chi connectivity index (χ0n) is 8.85. The molecule has 0 spiro atoms. The van der Waals surface area contributed by atoms with Gasteiger partial charge in [0.1, 0.15) is 18.1 Å². The summed E-state index contributed by atoms with van der Waals surface area (Å²) in [6.45, 7) is 1.80. The topological polar surface area (TPSA) is 98.4 Å². The van der Waals surface area contributed by atoms with E-state index in [-0.39, 0.29) is 23.2 Å². The van der Waals surface area contributed by atoms with Crippen molar-refractivity contribution in [1.29, 1.82) is 0 Å². The van der Waals surface area contributed by atoms with Crippen molar-refractivity contribution in [2.45, 2.75) is 6.92 Å². The number of hydrogen-bond donors (Lipinski definition) is 1. The van der Waals surface area contributed by atoms with Gasteiger partial charge in [0.05, 0.1) is 0 Å². The van der Waals surface area contributed by atoms with Crippen LogP contribution in [0.4, 0.5) is 16.3 Å². The van der Waals surface area contributed by atoms with Crippen molar-refractivity contribution in [3.63, 3.8) is 0 Å². The van der Waals surface area contributed by atoms with Crippen LogP contribution in [0.1, 0.15) is 6.92 Å². The summed E-state index contributed by atoms with van der Waals surface area (Å²) in [5.41, 5.74) is 0.122. The fraction of sp³-hybridized carbons (Fsp3) is 0.375. The van der Waals surface area contributed by atoms with Gasteiger partial charge in [-0.15, -0.1) is 0 Å². The number of nitrogens with zero attached hydrogens (tertiary/aromatic N) is 4. The summed E-state index contributed by atoms with van der Waals surface area (Å²) in [7, 11) is 1.52. The lowest BCUT2D eigenvalue weighted by Gasteiger charge is -2.27. The number of rotatable bonds is 3. The molecule has 88 valence electrons. The van der Waals surface area contributed by atoms with Crippen LogP contribution in [0.15, 0.2) is 6.33 Å². The highest BCUT2D eigenvalue weighted by Crippen LogP contribution is 2.30. The normalized spacial score (nSPS) is 10.0. The Morgan fingerprint density at radius 1 is 1.62 bits per heavy atom. The van der Waals surface area contributed by atoms with Crippen LogP contribution in [-0.4, -0.2) is 29.7 Å². The first-order chi connectivity index (χ1) is 7.49. The van der Waals surface area contributed by atoms with Gasteiger partial charge < -0.3 is 14.8 Å². The number of carboxylic acid groups (broad SMARTS) is 1. The molecule has 0 unspecified atom stereocenters. The highest BCUT2D eigenvalue weighted by atomic mass is 35.5. The summed E-state index contributed by atoms with van der Waals surface area (Å²) in [6, 6.07) is 0. The first kappa shape index (κ1) is 12.5. The van der Waals surface area contributed by atoms with Crippen LogP contribution in [0.2, 0.25) is 5.15 Å². The molecule has 0 aromatic carbocycles. The van der Waals surface area contributed by atoms with E-state index in [1.807, 2.05) is 0 Å². The lowest BCUT2D eigenvalue weighted by molar-refractivity contribution is -0.246. The Morgan fingerprint density at radius 2 is 2.25 bits per heavy atom. The summed E-state index contributed by atoms with van der Waals surface area (Å²) in [6.07, 6.45) is -0.185. The van der Waals surface area contributed by atoms with Crippen molar-refractivity contribution < 1.29 is 9.90 Å². The van der Waals surface area contributed by atoms with Gasteiger partial charge in [0.25, 0.3) is 0 Å². The molecule has 1 aromatic heterocycles. The molecule has 16 heavy (non-hydrogen) atoms. The molecule has 0 saturated heterocycles. The Bertz CT molecular complexity index is 398. The number of hydrogen-bond acceptors (Lipinski definition) is 6. The first-order valence-corrected chi connectivity index (χ1v) is 4.84. The molecule has 2 N–H and O–H groups in total. The maximum atomic E-state index is 10.9. The van der Waals surface area contributed by atoms with E-state index in [4.69, 9.17) is 17.4 Å². The minimum atomic E-state index is -1.39.